The highest BCUT2D eigenvalue weighted by Gasteiger charge is 2.50. The number of carbonyl (C=O) groups is 4. The van der Waals surface area contributed by atoms with E-state index < -0.39 is 23.7 Å². The van der Waals surface area contributed by atoms with Crippen molar-refractivity contribution in [3.8, 4) is 0 Å². The van der Waals surface area contributed by atoms with E-state index in [9.17, 15) is 19.2 Å². The lowest BCUT2D eigenvalue weighted by molar-refractivity contribution is -0.158. The van der Waals surface area contributed by atoms with Gasteiger partial charge in [-0.2, -0.15) is 0 Å². The van der Waals surface area contributed by atoms with E-state index in [2.05, 4.69) is 27.4 Å². The Balaban J connectivity index is 0.00000336. The maximum atomic E-state index is 14.6. The van der Waals surface area contributed by atoms with Crippen LogP contribution >= 0.6 is 0 Å². The van der Waals surface area contributed by atoms with Crippen LogP contribution in [0.5, 0.6) is 0 Å². The molecule has 3 aromatic carbocycles. The van der Waals surface area contributed by atoms with Crippen molar-refractivity contribution in [2.45, 2.75) is 133 Å². The highest BCUT2D eigenvalue weighted by atomic mass is 16.2. The molecule has 0 radical (unpaired) electrons. The molecule has 4 fully saturated rings. The van der Waals surface area contributed by atoms with Crippen LogP contribution in [0.2, 0.25) is 0 Å². The van der Waals surface area contributed by atoms with Gasteiger partial charge in [0.2, 0.25) is 17.7 Å². The zero-order valence-electron chi connectivity index (χ0n) is 36.0. The Morgan fingerprint density at radius 2 is 1.33 bits per heavy atom. The zero-order chi connectivity index (χ0) is 42.9. The quantitative estimate of drug-likeness (QED) is 0.0915. The number of Topliss-reactive ketones (excluding diaryl/α,β-unsaturated/α-hetero) is 1. The monoisotopic (exact) mass is 820 g/mol. The van der Waals surface area contributed by atoms with Crippen molar-refractivity contribution in [1.82, 2.24) is 25.8 Å². The third kappa shape index (κ3) is 12.8. The maximum Gasteiger partial charge on any atom is 0.246 e. The Labute approximate surface area is 358 Å². The molecule has 4 aliphatic rings. The fourth-order valence-corrected chi connectivity index (χ4v) is 8.94. The molecule has 7 rings (SSSR count). The highest BCUT2D eigenvalue weighted by Crippen LogP contribution is 2.34. The number of piperazine rings is 1. The average Bonchev–Trinajstić information content (AvgIpc) is 3.27. The van der Waals surface area contributed by atoms with E-state index in [1.807, 2.05) is 110 Å². The summed E-state index contributed by atoms with van der Waals surface area (Å²) in [6.07, 6.45) is 8.38. The van der Waals surface area contributed by atoms with Crippen LogP contribution in [0.25, 0.3) is 0 Å². The summed E-state index contributed by atoms with van der Waals surface area (Å²) in [5.41, 5.74) is 15.0. The Kier molecular flexibility index (Phi) is 17.9. The molecule has 11 heteroatoms. The van der Waals surface area contributed by atoms with E-state index in [1.165, 1.54) is 0 Å². The Morgan fingerprint density at radius 3 is 1.92 bits per heavy atom. The van der Waals surface area contributed by atoms with Crippen LogP contribution in [0.15, 0.2) is 103 Å². The molecule has 5 unspecified atom stereocenters. The summed E-state index contributed by atoms with van der Waals surface area (Å²) in [5, 5.41) is 9.74. The van der Waals surface area contributed by atoms with Gasteiger partial charge < -0.3 is 32.3 Å². The lowest BCUT2D eigenvalue weighted by atomic mass is 9.80. The van der Waals surface area contributed by atoms with Gasteiger partial charge in [-0.15, -0.1) is 0 Å². The van der Waals surface area contributed by atoms with Gasteiger partial charge in [0.05, 0.1) is 6.54 Å². The van der Waals surface area contributed by atoms with Crippen molar-refractivity contribution < 1.29 is 19.2 Å². The number of piperidine rings is 1. The second-order valence-corrected chi connectivity index (χ2v) is 16.7. The summed E-state index contributed by atoms with van der Waals surface area (Å²) in [6.45, 7) is 10.4. The van der Waals surface area contributed by atoms with Gasteiger partial charge in [0, 0.05) is 49.8 Å². The average molecular weight is 820 g/mol. The largest absolute Gasteiger partial charge is 0.376 e. The van der Waals surface area contributed by atoms with Crippen LogP contribution in [0.3, 0.4) is 0 Å². The van der Waals surface area contributed by atoms with Crippen LogP contribution in [0, 0.1) is 0 Å². The molecular weight excluding hydrogens is 751 g/mol. The third-order valence-electron chi connectivity index (χ3n) is 12.2. The standard InChI is InChI=1S/C47H63N7O4.C2H6/c1-34(41(49)28-36-18-8-3-9-19-36)50-43(29-37-20-10-4-11-21-37)44(56)52-47(25-13-5-14-26-47)46(58)51-42(22-12-15-27-48)45(57)54-38-30-39(54)32-53(31-38)33-40(55)24-23-35-16-6-2-7-17-35;1-2/h2-4,6-11,16-21,38-39,41-43,50H,1,5,12-15,22-33,48-49H2,(H,51,58)(H,52,56);1-2H3. The third-order valence-corrected chi connectivity index (χ3v) is 12.2. The molecule has 60 heavy (non-hydrogen) atoms. The Morgan fingerprint density at radius 1 is 0.767 bits per heavy atom. The summed E-state index contributed by atoms with van der Waals surface area (Å²) >= 11 is 0. The number of hydrogen-bond acceptors (Lipinski definition) is 8. The lowest BCUT2D eigenvalue weighted by Crippen LogP contribution is -2.73. The number of nitrogens with one attached hydrogen (secondary N) is 3. The summed E-state index contributed by atoms with van der Waals surface area (Å²) in [7, 11) is 0. The molecule has 3 saturated heterocycles. The first-order chi connectivity index (χ1) is 29.1. The molecular formula is C49H69N7O4. The molecule has 7 N–H and O–H groups in total. The molecule has 3 aromatic rings. The number of nitrogens with two attached hydrogens (primary N) is 2. The van der Waals surface area contributed by atoms with Crippen molar-refractivity contribution in [3.05, 3.63) is 120 Å². The van der Waals surface area contributed by atoms with E-state index in [0.717, 1.165) is 55.2 Å². The molecule has 3 heterocycles. The van der Waals surface area contributed by atoms with Crippen LogP contribution in [-0.2, 0) is 38.4 Å². The number of nitrogens with zero attached hydrogens (tertiary/aromatic N) is 2. The van der Waals surface area contributed by atoms with Gasteiger partial charge in [0.1, 0.15) is 23.4 Å². The minimum atomic E-state index is -1.17. The smallest absolute Gasteiger partial charge is 0.246 e. The summed E-state index contributed by atoms with van der Waals surface area (Å²) in [4.78, 5) is 60.4. The van der Waals surface area contributed by atoms with Crippen molar-refractivity contribution in [2.75, 3.05) is 26.2 Å². The molecule has 0 aromatic heterocycles. The number of hydrogen-bond donors (Lipinski definition) is 5. The zero-order valence-corrected chi connectivity index (χ0v) is 36.0. The van der Waals surface area contributed by atoms with E-state index in [0.29, 0.717) is 76.8 Å². The predicted octanol–water partition coefficient (Wildman–Crippen LogP) is 5.22. The molecule has 3 amide bonds. The number of aryl methyl sites for hydroxylation is 1. The molecule has 324 valence electrons. The van der Waals surface area contributed by atoms with Gasteiger partial charge in [0.25, 0.3) is 0 Å². The van der Waals surface area contributed by atoms with Gasteiger partial charge in [-0.1, -0.05) is 131 Å². The van der Waals surface area contributed by atoms with Crippen LogP contribution in [-0.4, -0.2) is 95.2 Å². The van der Waals surface area contributed by atoms with Gasteiger partial charge in [-0.3, -0.25) is 24.1 Å². The topological polar surface area (TPSA) is 163 Å². The van der Waals surface area contributed by atoms with E-state index >= 15 is 0 Å². The first kappa shape index (κ1) is 46.2. The normalized spacial score (nSPS) is 19.6. The first-order valence-electron chi connectivity index (χ1n) is 22.4. The second kappa shape index (κ2) is 23.2. The Bertz CT molecular complexity index is 1810. The minimum absolute atomic E-state index is 0.00314. The fraction of sp³-hybridized carbons (Fsp3) is 0.510. The van der Waals surface area contributed by atoms with Crippen LogP contribution < -0.4 is 27.4 Å². The van der Waals surface area contributed by atoms with Gasteiger partial charge >= 0.3 is 0 Å². The van der Waals surface area contributed by atoms with Crippen molar-refractivity contribution in [1.29, 1.82) is 0 Å². The number of carbonyl (C=O) groups excluding carboxylic acids is 4. The number of unbranched alkanes of at least 4 members (excludes halogenated alkanes) is 1. The highest BCUT2D eigenvalue weighted by molar-refractivity contribution is 5.96. The number of benzene rings is 3. The van der Waals surface area contributed by atoms with Gasteiger partial charge in [-0.05, 0) is 74.6 Å². The molecule has 2 bridgehead atoms. The molecule has 1 saturated carbocycles. The number of amides is 3. The van der Waals surface area contributed by atoms with Crippen molar-refractivity contribution in [3.63, 3.8) is 0 Å². The van der Waals surface area contributed by atoms with Crippen LogP contribution in [0.4, 0.5) is 0 Å². The molecule has 1 aliphatic carbocycles. The minimum Gasteiger partial charge on any atom is -0.376 e. The number of ketones is 1. The first-order valence-corrected chi connectivity index (χ1v) is 22.4. The molecule has 5 atom stereocenters. The summed E-state index contributed by atoms with van der Waals surface area (Å²) in [5.74, 6) is -0.515. The molecule has 11 nitrogen and oxygen atoms in total. The fourth-order valence-electron chi connectivity index (χ4n) is 8.94. The number of fused-ring (bicyclic) bond motifs is 2. The van der Waals surface area contributed by atoms with Gasteiger partial charge in [-0.25, -0.2) is 0 Å². The van der Waals surface area contributed by atoms with E-state index in [4.69, 9.17) is 11.5 Å². The summed E-state index contributed by atoms with van der Waals surface area (Å²) < 4.78 is 0. The summed E-state index contributed by atoms with van der Waals surface area (Å²) in [6, 6.07) is 27.8. The van der Waals surface area contributed by atoms with Crippen molar-refractivity contribution in [2.24, 2.45) is 11.5 Å². The van der Waals surface area contributed by atoms with Gasteiger partial charge in [0.15, 0.2) is 0 Å². The van der Waals surface area contributed by atoms with E-state index in [-0.39, 0.29) is 35.6 Å². The predicted molar refractivity (Wildman–Crippen MR) is 240 cm³/mol. The molecule has 3 aliphatic heterocycles. The van der Waals surface area contributed by atoms with Crippen molar-refractivity contribution >= 4 is 23.5 Å². The SMILES string of the molecule is C=C(NC(Cc1ccccc1)C(=O)NC1(C(=O)NC(CCCCN)C(=O)N2C3CC2CN(CC(=O)CCc2ccccc2)C3)CCCCC1)C(N)Cc1ccccc1.CC. The molecule has 0 spiro atoms. The maximum absolute atomic E-state index is 14.6. The number of rotatable bonds is 21. The lowest BCUT2D eigenvalue weighted by Gasteiger charge is -2.57. The van der Waals surface area contributed by atoms with E-state index in [1.54, 1.807) is 0 Å². The van der Waals surface area contributed by atoms with Crippen LogP contribution in [0.1, 0.15) is 94.7 Å². The Hall–Kier alpha value is -4.84. The second-order valence-electron chi connectivity index (χ2n) is 16.7.